The molecule has 106 valence electrons. The van der Waals surface area contributed by atoms with Crippen LogP contribution >= 0.6 is 0 Å². The van der Waals surface area contributed by atoms with Gasteiger partial charge in [0.05, 0.1) is 25.8 Å². The summed E-state index contributed by atoms with van der Waals surface area (Å²) in [5.41, 5.74) is 1.98. The molecule has 0 aliphatic carbocycles. The molecule has 3 rings (SSSR count). The standard InChI is InChI=1S/C14H17N3O3/c18-13-8-17(9-14(19)16-13)11-3-1-10(2-4-11)12-7-15-5-6-20-12/h1-4,12,15H,5-9H2,(H,16,18,19). The van der Waals surface area contributed by atoms with E-state index in [2.05, 4.69) is 10.6 Å². The lowest BCUT2D eigenvalue weighted by atomic mass is 10.1. The first-order valence-electron chi connectivity index (χ1n) is 6.72. The smallest absolute Gasteiger partial charge is 0.246 e. The zero-order chi connectivity index (χ0) is 13.9. The number of hydrogen-bond donors (Lipinski definition) is 2. The Kier molecular flexibility index (Phi) is 3.66. The molecule has 1 unspecified atom stereocenters. The Hall–Kier alpha value is -1.92. The van der Waals surface area contributed by atoms with Crippen LogP contribution in [0.15, 0.2) is 24.3 Å². The lowest BCUT2D eigenvalue weighted by molar-refractivity contribution is -0.130. The van der Waals surface area contributed by atoms with E-state index >= 15 is 0 Å². The summed E-state index contributed by atoms with van der Waals surface area (Å²) in [6.45, 7) is 2.84. The predicted molar refractivity (Wildman–Crippen MR) is 73.4 cm³/mol. The molecule has 2 heterocycles. The number of nitrogens with zero attached hydrogens (tertiary/aromatic N) is 1. The first-order valence-corrected chi connectivity index (χ1v) is 6.72. The molecular formula is C14H17N3O3. The summed E-state index contributed by atoms with van der Waals surface area (Å²) in [5.74, 6) is -0.518. The van der Waals surface area contributed by atoms with Crippen molar-refractivity contribution in [2.24, 2.45) is 0 Å². The van der Waals surface area contributed by atoms with Crippen molar-refractivity contribution in [2.45, 2.75) is 6.10 Å². The molecule has 0 saturated carbocycles. The average molecular weight is 275 g/mol. The third-order valence-corrected chi connectivity index (χ3v) is 3.51. The van der Waals surface area contributed by atoms with E-state index < -0.39 is 0 Å². The lowest BCUT2D eigenvalue weighted by Gasteiger charge is -2.28. The van der Waals surface area contributed by atoms with Gasteiger partial charge < -0.3 is 15.0 Å². The highest BCUT2D eigenvalue weighted by Crippen LogP contribution is 2.22. The van der Waals surface area contributed by atoms with Gasteiger partial charge in [-0.05, 0) is 17.7 Å². The van der Waals surface area contributed by atoms with Crippen molar-refractivity contribution < 1.29 is 14.3 Å². The maximum atomic E-state index is 11.4. The number of imide groups is 1. The highest BCUT2D eigenvalue weighted by atomic mass is 16.5. The average Bonchev–Trinajstić information content (AvgIpc) is 2.47. The van der Waals surface area contributed by atoms with Crippen LogP contribution < -0.4 is 15.5 Å². The molecule has 2 N–H and O–H groups in total. The Morgan fingerprint density at radius 2 is 1.80 bits per heavy atom. The van der Waals surface area contributed by atoms with Gasteiger partial charge in [0.1, 0.15) is 0 Å². The first-order chi connectivity index (χ1) is 9.72. The molecule has 0 radical (unpaired) electrons. The van der Waals surface area contributed by atoms with Crippen molar-refractivity contribution in [3.8, 4) is 0 Å². The molecule has 6 nitrogen and oxygen atoms in total. The van der Waals surface area contributed by atoms with Crippen LogP contribution in [0.3, 0.4) is 0 Å². The van der Waals surface area contributed by atoms with Crippen molar-refractivity contribution in [2.75, 3.05) is 37.7 Å². The Morgan fingerprint density at radius 1 is 1.10 bits per heavy atom. The van der Waals surface area contributed by atoms with Crippen LogP contribution in [0.1, 0.15) is 11.7 Å². The monoisotopic (exact) mass is 275 g/mol. The topological polar surface area (TPSA) is 70.7 Å². The molecule has 1 aromatic rings. The Morgan fingerprint density at radius 3 is 2.40 bits per heavy atom. The molecule has 2 fully saturated rings. The number of benzene rings is 1. The lowest BCUT2D eigenvalue weighted by Crippen LogP contribution is -2.51. The Bertz CT molecular complexity index is 493. The number of carbonyl (C=O) groups is 2. The summed E-state index contributed by atoms with van der Waals surface area (Å²) < 4.78 is 5.69. The molecule has 0 aromatic heterocycles. The van der Waals surface area contributed by atoms with Crippen molar-refractivity contribution >= 4 is 17.5 Å². The molecular weight excluding hydrogens is 258 g/mol. The van der Waals surface area contributed by atoms with Gasteiger partial charge in [-0.1, -0.05) is 12.1 Å². The van der Waals surface area contributed by atoms with E-state index in [0.717, 1.165) is 24.3 Å². The minimum absolute atomic E-state index is 0.0732. The Labute approximate surface area is 117 Å². The zero-order valence-corrected chi connectivity index (χ0v) is 11.1. The summed E-state index contributed by atoms with van der Waals surface area (Å²) in [6, 6.07) is 7.84. The maximum Gasteiger partial charge on any atom is 0.246 e. The second kappa shape index (κ2) is 5.60. The minimum atomic E-state index is -0.259. The normalized spacial score (nSPS) is 23.6. The molecule has 2 amide bonds. The van der Waals surface area contributed by atoms with E-state index in [4.69, 9.17) is 4.74 Å². The molecule has 6 heteroatoms. The third kappa shape index (κ3) is 2.81. The second-order valence-corrected chi connectivity index (χ2v) is 4.98. The van der Waals surface area contributed by atoms with Gasteiger partial charge in [0.2, 0.25) is 11.8 Å². The number of rotatable bonds is 2. The van der Waals surface area contributed by atoms with Crippen LogP contribution in [0.4, 0.5) is 5.69 Å². The molecule has 2 saturated heterocycles. The number of nitrogens with one attached hydrogen (secondary N) is 2. The zero-order valence-electron chi connectivity index (χ0n) is 11.1. The quantitative estimate of drug-likeness (QED) is 0.732. The van der Waals surface area contributed by atoms with E-state index in [1.54, 1.807) is 4.90 Å². The number of carbonyl (C=O) groups excluding carboxylic acids is 2. The Balaban J connectivity index is 1.72. The molecule has 1 aromatic carbocycles. The van der Waals surface area contributed by atoms with Crippen molar-refractivity contribution in [1.29, 1.82) is 0 Å². The number of ether oxygens (including phenoxy) is 1. The van der Waals surface area contributed by atoms with Gasteiger partial charge in [-0.15, -0.1) is 0 Å². The van der Waals surface area contributed by atoms with Gasteiger partial charge in [0.25, 0.3) is 0 Å². The van der Waals surface area contributed by atoms with Gasteiger partial charge in [-0.25, -0.2) is 0 Å². The number of piperazine rings is 1. The predicted octanol–water partition coefficient (Wildman–Crippen LogP) is -0.190. The summed E-state index contributed by atoms with van der Waals surface area (Å²) in [5, 5.41) is 5.58. The molecule has 2 aliphatic heterocycles. The summed E-state index contributed by atoms with van der Waals surface area (Å²) in [7, 11) is 0. The van der Waals surface area contributed by atoms with Crippen molar-refractivity contribution in [3.05, 3.63) is 29.8 Å². The van der Waals surface area contributed by atoms with Gasteiger partial charge in [0, 0.05) is 18.8 Å². The summed E-state index contributed by atoms with van der Waals surface area (Å²) in [4.78, 5) is 24.5. The van der Waals surface area contributed by atoms with Crippen LogP contribution in [-0.2, 0) is 14.3 Å². The molecule has 20 heavy (non-hydrogen) atoms. The molecule has 0 spiro atoms. The number of hydrogen-bond acceptors (Lipinski definition) is 5. The van der Waals surface area contributed by atoms with Crippen LogP contribution in [0.5, 0.6) is 0 Å². The fourth-order valence-electron chi connectivity index (χ4n) is 2.50. The van der Waals surface area contributed by atoms with E-state index in [1.165, 1.54) is 0 Å². The third-order valence-electron chi connectivity index (χ3n) is 3.51. The van der Waals surface area contributed by atoms with Crippen LogP contribution in [0, 0.1) is 0 Å². The molecule has 2 aliphatic rings. The first kappa shape index (κ1) is 13.1. The number of amides is 2. The van der Waals surface area contributed by atoms with Crippen LogP contribution in [0.25, 0.3) is 0 Å². The minimum Gasteiger partial charge on any atom is -0.371 e. The largest absolute Gasteiger partial charge is 0.371 e. The fraction of sp³-hybridized carbons (Fsp3) is 0.429. The van der Waals surface area contributed by atoms with Crippen LogP contribution in [-0.4, -0.2) is 44.6 Å². The number of morpholine rings is 1. The second-order valence-electron chi connectivity index (χ2n) is 4.98. The van der Waals surface area contributed by atoms with Crippen LogP contribution in [0.2, 0.25) is 0 Å². The highest BCUT2D eigenvalue weighted by Gasteiger charge is 2.23. The summed E-state index contributed by atoms with van der Waals surface area (Å²) in [6.07, 6.45) is 0.0732. The van der Waals surface area contributed by atoms with Gasteiger partial charge in [0.15, 0.2) is 0 Å². The van der Waals surface area contributed by atoms with Crippen molar-refractivity contribution in [3.63, 3.8) is 0 Å². The summed E-state index contributed by atoms with van der Waals surface area (Å²) >= 11 is 0. The van der Waals surface area contributed by atoms with E-state index in [-0.39, 0.29) is 31.0 Å². The molecule has 1 atom stereocenters. The van der Waals surface area contributed by atoms with Crippen molar-refractivity contribution in [1.82, 2.24) is 10.6 Å². The van der Waals surface area contributed by atoms with E-state index in [0.29, 0.717) is 6.61 Å². The van der Waals surface area contributed by atoms with E-state index in [1.807, 2.05) is 24.3 Å². The van der Waals surface area contributed by atoms with Gasteiger partial charge >= 0.3 is 0 Å². The maximum absolute atomic E-state index is 11.4. The molecule has 0 bridgehead atoms. The van der Waals surface area contributed by atoms with E-state index in [9.17, 15) is 9.59 Å². The van der Waals surface area contributed by atoms with Gasteiger partial charge in [-0.2, -0.15) is 0 Å². The fourth-order valence-corrected chi connectivity index (χ4v) is 2.50. The highest BCUT2D eigenvalue weighted by molar-refractivity contribution is 6.02. The SMILES string of the molecule is O=C1CN(c2ccc(C3CNCCO3)cc2)CC(=O)N1. The van der Waals surface area contributed by atoms with Gasteiger partial charge in [-0.3, -0.25) is 14.9 Å². The number of anilines is 1.